The van der Waals surface area contributed by atoms with E-state index in [4.69, 9.17) is 4.74 Å². The summed E-state index contributed by atoms with van der Waals surface area (Å²) in [6, 6.07) is 1.37. The van der Waals surface area contributed by atoms with Gasteiger partial charge in [-0.3, -0.25) is 4.79 Å². The van der Waals surface area contributed by atoms with Crippen LogP contribution in [-0.4, -0.2) is 93.5 Å². The molecule has 0 N–H and O–H groups in total. The number of hydrogen-bond donors (Lipinski definition) is 0. The van der Waals surface area contributed by atoms with Gasteiger partial charge >= 0.3 is 12.1 Å². The van der Waals surface area contributed by atoms with Crippen LogP contribution in [0, 0.1) is 0 Å². The largest absolute Gasteiger partial charge is 0.470 e. The van der Waals surface area contributed by atoms with Crippen molar-refractivity contribution in [1.82, 2.24) is 29.5 Å². The quantitative estimate of drug-likeness (QED) is 0.352. The summed E-state index contributed by atoms with van der Waals surface area (Å²) in [5.74, 6) is -6.59. The van der Waals surface area contributed by atoms with Crippen molar-refractivity contribution in [3.05, 3.63) is 30.4 Å². The highest BCUT2D eigenvalue weighted by Gasteiger charge is 2.58. The summed E-state index contributed by atoms with van der Waals surface area (Å²) in [5.41, 5.74) is -0.312. The van der Waals surface area contributed by atoms with Crippen LogP contribution in [0.3, 0.4) is 0 Å². The van der Waals surface area contributed by atoms with Gasteiger partial charge in [0.1, 0.15) is 5.69 Å². The average molecular weight is 579 g/mol. The Hall–Kier alpha value is -3.47. The number of carbonyl (C=O) groups is 1. The predicted molar refractivity (Wildman–Crippen MR) is 124 cm³/mol. The Kier molecular flexibility index (Phi) is 7.50. The third kappa shape index (κ3) is 5.63. The summed E-state index contributed by atoms with van der Waals surface area (Å²) in [5, 5.41) is 3.68. The van der Waals surface area contributed by atoms with Gasteiger partial charge < -0.3 is 14.4 Å². The van der Waals surface area contributed by atoms with Crippen molar-refractivity contribution in [3.63, 3.8) is 0 Å². The number of sulfone groups is 1. The van der Waals surface area contributed by atoms with E-state index in [1.807, 2.05) is 13.8 Å². The maximum atomic E-state index is 13.2. The molecule has 17 heteroatoms. The van der Waals surface area contributed by atoms with Crippen LogP contribution < -0.4 is 4.74 Å². The van der Waals surface area contributed by atoms with Crippen LogP contribution in [0.25, 0.3) is 16.9 Å². The number of alkyl halides is 5. The van der Waals surface area contributed by atoms with Crippen molar-refractivity contribution in [3.8, 4) is 17.1 Å². The van der Waals surface area contributed by atoms with Crippen molar-refractivity contribution in [2.75, 3.05) is 25.4 Å². The van der Waals surface area contributed by atoms with E-state index in [1.54, 1.807) is 0 Å². The maximum absolute atomic E-state index is 13.2. The molecule has 39 heavy (non-hydrogen) atoms. The topological polar surface area (TPSA) is 129 Å². The third-order valence-electron chi connectivity index (χ3n) is 5.68. The standard InChI is InChI=1S/C22H23F5N6O5S/c1-4-39(35,36)19-17(14-7-30-16(8-29-14)37-11-21(23,24)22(25,26)27)18-28-6-5-15(33(18)31-19)20(34)32-9-13(10-32)38-12(2)3/h5-8,12-13H,4,9-11H2,1-3H3. The molecule has 0 unspecified atom stereocenters. The van der Waals surface area contributed by atoms with Crippen molar-refractivity contribution < 1.29 is 44.6 Å². The molecule has 1 amide bonds. The van der Waals surface area contributed by atoms with Gasteiger partial charge in [-0.15, -0.1) is 0 Å². The number of fused-ring (bicyclic) bond motifs is 1. The van der Waals surface area contributed by atoms with E-state index in [2.05, 4.69) is 24.8 Å². The summed E-state index contributed by atoms with van der Waals surface area (Å²) in [7, 11) is -4.01. The lowest BCUT2D eigenvalue weighted by Gasteiger charge is -2.39. The Morgan fingerprint density at radius 2 is 1.82 bits per heavy atom. The SMILES string of the molecule is CCS(=O)(=O)c1nn2c(C(=O)N3CC(OC(C)C)C3)ccnc2c1-c1cnc(OCC(F)(F)C(F)(F)F)cn1. The van der Waals surface area contributed by atoms with Crippen LogP contribution in [0.2, 0.25) is 0 Å². The lowest BCUT2D eigenvalue weighted by Crippen LogP contribution is -2.55. The van der Waals surface area contributed by atoms with Crippen LogP contribution in [-0.2, 0) is 14.6 Å². The Morgan fingerprint density at radius 3 is 2.38 bits per heavy atom. The molecule has 0 spiro atoms. The molecule has 3 aromatic rings. The summed E-state index contributed by atoms with van der Waals surface area (Å²) < 4.78 is 100. The van der Waals surface area contributed by atoms with Crippen molar-refractivity contribution in [1.29, 1.82) is 0 Å². The third-order valence-corrected chi connectivity index (χ3v) is 7.32. The molecule has 0 saturated carbocycles. The molecule has 212 valence electrons. The van der Waals surface area contributed by atoms with E-state index in [1.165, 1.54) is 24.1 Å². The van der Waals surface area contributed by atoms with Crippen molar-refractivity contribution in [2.24, 2.45) is 0 Å². The number of amides is 1. The highest BCUT2D eigenvalue weighted by atomic mass is 32.2. The van der Waals surface area contributed by atoms with Crippen LogP contribution in [0.4, 0.5) is 22.0 Å². The minimum atomic E-state index is -5.82. The van der Waals surface area contributed by atoms with Crippen LogP contribution in [0.1, 0.15) is 31.3 Å². The first-order valence-corrected chi connectivity index (χ1v) is 13.2. The zero-order chi connectivity index (χ0) is 28.8. The van der Waals surface area contributed by atoms with E-state index in [0.717, 1.165) is 16.9 Å². The van der Waals surface area contributed by atoms with Crippen LogP contribution in [0.15, 0.2) is 29.7 Å². The summed E-state index contributed by atoms with van der Waals surface area (Å²) in [6.45, 7) is 3.75. The Bertz CT molecular complexity index is 1470. The lowest BCUT2D eigenvalue weighted by atomic mass is 10.1. The van der Waals surface area contributed by atoms with Gasteiger partial charge in [-0.05, 0) is 19.9 Å². The molecular formula is C22H23F5N6O5S. The minimum Gasteiger partial charge on any atom is -0.470 e. The average Bonchev–Trinajstić information content (AvgIpc) is 3.24. The molecule has 0 radical (unpaired) electrons. The van der Waals surface area contributed by atoms with E-state index in [0.29, 0.717) is 13.1 Å². The van der Waals surface area contributed by atoms with E-state index < -0.39 is 45.4 Å². The molecule has 1 fully saturated rings. The number of carbonyl (C=O) groups excluding carboxylic acids is 1. The summed E-state index contributed by atoms with van der Waals surface area (Å²) in [6.07, 6.45) is -3.01. The van der Waals surface area contributed by atoms with Gasteiger partial charge in [0.2, 0.25) is 5.88 Å². The van der Waals surface area contributed by atoms with Gasteiger partial charge in [0.25, 0.3) is 5.91 Å². The lowest BCUT2D eigenvalue weighted by molar-refractivity contribution is -0.290. The van der Waals surface area contributed by atoms with E-state index in [9.17, 15) is 35.2 Å². The first-order chi connectivity index (χ1) is 18.1. The number of aromatic nitrogens is 5. The van der Waals surface area contributed by atoms with Crippen molar-refractivity contribution in [2.45, 2.75) is 50.1 Å². The molecule has 0 aromatic carbocycles. The number of ether oxygens (including phenoxy) is 2. The molecule has 0 bridgehead atoms. The van der Waals surface area contributed by atoms with Crippen molar-refractivity contribution >= 4 is 21.4 Å². The smallest absolute Gasteiger partial charge is 0.456 e. The predicted octanol–water partition coefficient (Wildman–Crippen LogP) is 2.81. The fourth-order valence-electron chi connectivity index (χ4n) is 3.67. The monoisotopic (exact) mass is 578 g/mol. The van der Waals surface area contributed by atoms with Gasteiger partial charge in [0.05, 0.1) is 41.6 Å². The highest BCUT2D eigenvalue weighted by Crippen LogP contribution is 2.36. The molecule has 0 atom stereocenters. The normalized spacial score (nSPS) is 15.2. The van der Waals surface area contributed by atoms with Gasteiger partial charge in [-0.25, -0.2) is 27.9 Å². The highest BCUT2D eigenvalue weighted by molar-refractivity contribution is 7.91. The Labute approximate surface area is 218 Å². The number of hydrogen-bond acceptors (Lipinski definition) is 9. The fourth-order valence-corrected chi connectivity index (χ4v) is 4.66. The van der Waals surface area contributed by atoms with E-state index in [-0.39, 0.29) is 40.6 Å². The Balaban J connectivity index is 1.69. The zero-order valence-electron chi connectivity index (χ0n) is 20.8. The number of nitrogens with zero attached hydrogens (tertiary/aromatic N) is 6. The number of likely N-dealkylation sites (tertiary alicyclic amines) is 1. The van der Waals surface area contributed by atoms with Crippen LogP contribution >= 0.6 is 0 Å². The van der Waals surface area contributed by atoms with Gasteiger partial charge in [0, 0.05) is 19.3 Å². The Morgan fingerprint density at radius 1 is 1.13 bits per heavy atom. The second-order valence-electron chi connectivity index (χ2n) is 8.90. The molecule has 3 aromatic heterocycles. The first-order valence-electron chi connectivity index (χ1n) is 11.6. The molecule has 11 nitrogen and oxygen atoms in total. The number of halogens is 5. The molecule has 1 saturated heterocycles. The number of rotatable bonds is 9. The first kappa shape index (κ1) is 28.5. The van der Waals surface area contributed by atoms with Gasteiger partial charge in [0.15, 0.2) is 27.1 Å². The summed E-state index contributed by atoms with van der Waals surface area (Å²) >= 11 is 0. The van der Waals surface area contributed by atoms with Gasteiger partial charge in [-0.1, -0.05) is 6.92 Å². The zero-order valence-corrected chi connectivity index (χ0v) is 21.6. The molecule has 1 aliphatic heterocycles. The maximum Gasteiger partial charge on any atom is 0.456 e. The van der Waals surface area contributed by atoms with Gasteiger partial charge in [-0.2, -0.15) is 27.1 Å². The molecule has 1 aliphatic rings. The second kappa shape index (κ2) is 10.3. The van der Waals surface area contributed by atoms with E-state index >= 15 is 0 Å². The van der Waals surface area contributed by atoms with Crippen LogP contribution in [0.5, 0.6) is 5.88 Å². The second-order valence-corrected chi connectivity index (χ2v) is 11.1. The molecule has 4 rings (SSSR count). The minimum absolute atomic E-state index is 0.0177. The molecular weight excluding hydrogens is 555 g/mol. The molecule has 0 aliphatic carbocycles. The molecule has 4 heterocycles. The fraction of sp³-hybridized carbons (Fsp3) is 0.500. The summed E-state index contributed by atoms with van der Waals surface area (Å²) in [4.78, 5) is 26.4.